The molecule has 0 saturated carbocycles. The van der Waals surface area contributed by atoms with Crippen LogP contribution in [-0.2, 0) is 6.54 Å². The quantitative estimate of drug-likeness (QED) is 0.734. The predicted octanol–water partition coefficient (Wildman–Crippen LogP) is 3.08. The molecule has 1 aromatic carbocycles. The van der Waals surface area contributed by atoms with Gasteiger partial charge in [-0.05, 0) is 42.3 Å². The van der Waals surface area contributed by atoms with E-state index in [0.717, 1.165) is 48.5 Å². The Balaban J connectivity index is 1.71. The highest BCUT2D eigenvalue weighted by Gasteiger charge is 2.24. The first kappa shape index (κ1) is 18.4. The number of ether oxygens (including phenoxy) is 1. The van der Waals surface area contributed by atoms with Crippen LogP contribution in [0.25, 0.3) is 21.5 Å². The van der Waals surface area contributed by atoms with Gasteiger partial charge in [0, 0.05) is 43.7 Å². The standard InChI is InChI=1S/C21H25N3O2S/c1-23-7-8-24(13-17(23)14-25)12-16-10-15-5-6-18(26-2)11-19(15)22-21(16)20-4-3-9-27-20/h3-6,9-11,17,25H,7-8,12-14H2,1-2H3/t17-/m0/s1. The van der Waals surface area contributed by atoms with Gasteiger partial charge >= 0.3 is 0 Å². The van der Waals surface area contributed by atoms with Crippen molar-refractivity contribution in [2.75, 3.05) is 40.4 Å². The molecule has 5 nitrogen and oxygen atoms in total. The van der Waals surface area contributed by atoms with Crippen LogP contribution in [0, 0.1) is 0 Å². The van der Waals surface area contributed by atoms with Crippen LogP contribution in [0.3, 0.4) is 0 Å². The van der Waals surface area contributed by atoms with E-state index in [9.17, 15) is 5.11 Å². The number of fused-ring (bicyclic) bond motifs is 1. The van der Waals surface area contributed by atoms with Crippen LogP contribution < -0.4 is 4.74 Å². The number of benzene rings is 1. The van der Waals surface area contributed by atoms with E-state index in [0.29, 0.717) is 0 Å². The smallest absolute Gasteiger partial charge is 0.121 e. The summed E-state index contributed by atoms with van der Waals surface area (Å²) in [6.45, 7) is 3.87. The van der Waals surface area contributed by atoms with Gasteiger partial charge in [-0.2, -0.15) is 0 Å². The lowest BCUT2D eigenvalue weighted by Crippen LogP contribution is -2.52. The summed E-state index contributed by atoms with van der Waals surface area (Å²) in [4.78, 5) is 10.8. The molecule has 6 heteroatoms. The highest BCUT2D eigenvalue weighted by molar-refractivity contribution is 7.13. The van der Waals surface area contributed by atoms with Crippen LogP contribution in [0.15, 0.2) is 41.8 Å². The second kappa shape index (κ2) is 7.94. The van der Waals surface area contributed by atoms with Gasteiger partial charge in [-0.25, -0.2) is 4.98 Å². The molecule has 2 aromatic heterocycles. The molecule has 27 heavy (non-hydrogen) atoms. The van der Waals surface area contributed by atoms with E-state index in [-0.39, 0.29) is 12.6 Å². The van der Waals surface area contributed by atoms with Gasteiger partial charge in [-0.3, -0.25) is 9.80 Å². The zero-order valence-corrected chi connectivity index (χ0v) is 16.6. The maximum Gasteiger partial charge on any atom is 0.121 e. The highest BCUT2D eigenvalue weighted by Crippen LogP contribution is 2.31. The summed E-state index contributed by atoms with van der Waals surface area (Å²) in [6, 6.07) is 12.7. The molecule has 3 heterocycles. The van der Waals surface area contributed by atoms with Gasteiger partial charge in [0.05, 0.1) is 29.8 Å². The molecule has 1 aliphatic rings. The molecular weight excluding hydrogens is 358 g/mol. The Morgan fingerprint density at radius 2 is 2.15 bits per heavy atom. The molecule has 0 radical (unpaired) electrons. The van der Waals surface area contributed by atoms with Gasteiger partial charge in [0.1, 0.15) is 5.75 Å². The van der Waals surface area contributed by atoms with Crippen LogP contribution in [0.2, 0.25) is 0 Å². The van der Waals surface area contributed by atoms with E-state index >= 15 is 0 Å². The Labute approximate surface area is 163 Å². The number of thiophene rings is 1. The fraction of sp³-hybridized carbons (Fsp3) is 0.381. The Bertz CT molecular complexity index is 913. The number of methoxy groups -OCH3 is 1. The normalized spacial score (nSPS) is 18.9. The summed E-state index contributed by atoms with van der Waals surface area (Å²) < 4.78 is 5.36. The minimum Gasteiger partial charge on any atom is -0.497 e. The van der Waals surface area contributed by atoms with Gasteiger partial charge in [0.2, 0.25) is 0 Å². The van der Waals surface area contributed by atoms with Gasteiger partial charge in [-0.1, -0.05) is 6.07 Å². The number of aromatic nitrogens is 1. The molecule has 1 atom stereocenters. The summed E-state index contributed by atoms with van der Waals surface area (Å²) in [7, 11) is 3.76. The fourth-order valence-electron chi connectivity index (χ4n) is 3.66. The summed E-state index contributed by atoms with van der Waals surface area (Å²) in [5, 5.41) is 12.9. The molecule has 1 N–H and O–H groups in total. The SMILES string of the molecule is COc1ccc2cc(CN3CCN(C)[C@H](CO)C3)c(-c3cccs3)nc2c1. The number of rotatable bonds is 5. The summed E-state index contributed by atoms with van der Waals surface area (Å²) in [5.41, 5.74) is 3.23. The first-order valence-electron chi connectivity index (χ1n) is 9.23. The molecular formula is C21H25N3O2S. The van der Waals surface area contributed by atoms with Crippen LogP contribution in [-0.4, -0.2) is 66.3 Å². The van der Waals surface area contributed by atoms with E-state index in [1.54, 1.807) is 18.4 Å². The number of likely N-dealkylation sites (N-methyl/N-ethyl adjacent to an activating group) is 1. The van der Waals surface area contributed by atoms with Crippen molar-refractivity contribution in [3.63, 3.8) is 0 Å². The van der Waals surface area contributed by atoms with E-state index in [4.69, 9.17) is 9.72 Å². The van der Waals surface area contributed by atoms with Gasteiger partial charge in [0.25, 0.3) is 0 Å². The van der Waals surface area contributed by atoms with Gasteiger partial charge in [-0.15, -0.1) is 11.3 Å². The first-order chi connectivity index (χ1) is 13.2. The number of piperazine rings is 1. The predicted molar refractivity (Wildman–Crippen MR) is 110 cm³/mol. The number of aliphatic hydroxyl groups excluding tert-OH is 1. The lowest BCUT2D eigenvalue weighted by molar-refractivity contribution is 0.0540. The molecule has 0 spiro atoms. The molecule has 1 aliphatic heterocycles. The van der Waals surface area contributed by atoms with Crippen molar-refractivity contribution in [2.24, 2.45) is 0 Å². The number of pyridine rings is 1. The lowest BCUT2D eigenvalue weighted by Gasteiger charge is -2.38. The van der Waals surface area contributed by atoms with Gasteiger partial charge < -0.3 is 9.84 Å². The summed E-state index contributed by atoms with van der Waals surface area (Å²) >= 11 is 1.72. The van der Waals surface area contributed by atoms with E-state index in [2.05, 4.69) is 46.5 Å². The van der Waals surface area contributed by atoms with Crippen molar-refractivity contribution in [3.05, 3.63) is 47.3 Å². The van der Waals surface area contributed by atoms with Crippen LogP contribution >= 0.6 is 11.3 Å². The van der Waals surface area contributed by atoms with Crippen molar-refractivity contribution in [2.45, 2.75) is 12.6 Å². The minimum absolute atomic E-state index is 0.195. The molecule has 1 saturated heterocycles. The molecule has 0 bridgehead atoms. The van der Waals surface area contributed by atoms with Crippen molar-refractivity contribution in [3.8, 4) is 16.3 Å². The monoisotopic (exact) mass is 383 g/mol. The average molecular weight is 384 g/mol. The third kappa shape index (κ3) is 3.84. The minimum atomic E-state index is 0.195. The van der Waals surface area contributed by atoms with Crippen molar-refractivity contribution in [1.29, 1.82) is 0 Å². The molecule has 4 rings (SSSR count). The number of aliphatic hydroxyl groups is 1. The Kier molecular flexibility index (Phi) is 5.41. The Hall–Kier alpha value is -1.99. The third-order valence-corrected chi connectivity index (χ3v) is 6.20. The zero-order chi connectivity index (χ0) is 18.8. The lowest BCUT2D eigenvalue weighted by atomic mass is 10.1. The fourth-order valence-corrected chi connectivity index (χ4v) is 4.41. The Morgan fingerprint density at radius 3 is 2.89 bits per heavy atom. The molecule has 3 aromatic rings. The van der Waals surface area contributed by atoms with Gasteiger partial charge in [0.15, 0.2) is 0 Å². The number of hydrogen-bond donors (Lipinski definition) is 1. The Morgan fingerprint density at radius 1 is 1.26 bits per heavy atom. The van der Waals surface area contributed by atoms with E-state index < -0.39 is 0 Å². The zero-order valence-electron chi connectivity index (χ0n) is 15.8. The van der Waals surface area contributed by atoms with E-state index in [1.165, 1.54) is 10.4 Å². The largest absolute Gasteiger partial charge is 0.497 e. The summed E-state index contributed by atoms with van der Waals surface area (Å²) in [6.07, 6.45) is 0. The number of hydrogen-bond acceptors (Lipinski definition) is 6. The number of nitrogens with zero attached hydrogens (tertiary/aromatic N) is 3. The van der Waals surface area contributed by atoms with E-state index in [1.807, 2.05) is 12.1 Å². The molecule has 1 fully saturated rings. The summed E-state index contributed by atoms with van der Waals surface area (Å²) in [5.74, 6) is 0.824. The topological polar surface area (TPSA) is 48.8 Å². The molecule has 0 aliphatic carbocycles. The first-order valence-corrected chi connectivity index (χ1v) is 10.1. The van der Waals surface area contributed by atoms with Crippen molar-refractivity contribution >= 4 is 22.2 Å². The van der Waals surface area contributed by atoms with Crippen molar-refractivity contribution in [1.82, 2.24) is 14.8 Å². The highest BCUT2D eigenvalue weighted by atomic mass is 32.1. The van der Waals surface area contributed by atoms with Crippen molar-refractivity contribution < 1.29 is 9.84 Å². The van der Waals surface area contributed by atoms with Crippen LogP contribution in [0.1, 0.15) is 5.56 Å². The maximum atomic E-state index is 9.65. The second-order valence-electron chi connectivity index (χ2n) is 7.08. The average Bonchev–Trinajstić information content (AvgIpc) is 3.23. The molecule has 142 valence electrons. The maximum absolute atomic E-state index is 9.65. The second-order valence-corrected chi connectivity index (χ2v) is 8.03. The third-order valence-electron chi connectivity index (χ3n) is 5.32. The molecule has 0 unspecified atom stereocenters. The van der Waals surface area contributed by atoms with Crippen LogP contribution in [0.4, 0.5) is 0 Å². The van der Waals surface area contributed by atoms with Crippen LogP contribution in [0.5, 0.6) is 5.75 Å². The molecule has 0 amide bonds.